The predicted octanol–water partition coefficient (Wildman–Crippen LogP) is 4.23. The lowest BCUT2D eigenvalue weighted by Crippen LogP contribution is -2.20. The van der Waals surface area contributed by atoms with Gasteiger partial charge in [0.1, 0.15) is 12.2 Å². The lowest BCUT2D eigenvalue weighted by Gasteiger charge is -2.10. The van der Waals surface area contributed by atoms with Gasteiger partial charge in [-0.25, -0.2) is 16.8 Å². The van der Waals surface area contributed by atoms with E-state index in [1.54, 1.807) is 24.3 Å². The second-order valence-electron chi connectivity index (χ2n) is 9.89. The average molecular weight is 675 g/mol. The molecule has 14 heteroatoms. The van der Waals surface area contributed by atoms with E-state index in [0.717, 1.165) is 32.7 Å². The highest BCUT2D eigenvalue weighted by molar-refractivity contribution is 7.95. The van der Waals surface area contributed by atoms with Crippen LogP contribution in [0, 0.1) is 0 Å². The quantitative estimate of drug-likeness (QED) is 0.260. The lowest BCUT2D eigenvalue weighted by molar-refractivity contribution is 0.278. The third-order valence-electron chi connectivity index (χ3n) is 6.55. The zero-order chi connectivity index (χ0) is 31.6. The van der Waals surface area contributed by atoms with Crippen molar-refractivity contribution in [3.8, 4) is 11.1 Å². The molecule has 2 atom stereocenters. The van der Waals surface area contributed by atoms with Crippen molar-refractivity contribution in [2.45, 2.75) is 22.0 Å². The second-order valence-corrected chi connectivity index (χ2v) is 16.9. The number of benzene rings is 4. The summed E-state index contributed by atoms with van der Waals surface area (Å²) in [5, 5.41) is 3.65. The molecule has 6 rings (SSSR count). The monoisotopic (exact) mass is 674 g/mol. The molecule has 0 aliphatic carbocycles. The van der Waals surface area contributed by atoms with E-state index in [1.165, 1.54) is 36.4 Å². The fourth-order valence-corrected chi connectivity index (χ4v) is 9.03. The Kier molecular flexibility index (Phi) is 8.94. The molecule has 2 heterocycles. The zero-order valence-corrected chi connectivity index (χ0v) is 26.1. The summed E-state index contributed by atoms with van der Waals surface area (Å²) in [7, 11) is -14.7. The van der Waals surface area contributed by atoms with Crippen LogP contribution in [0.15, 0.2) is 130 Å². The molecule has 0 aromatic heterocycles. The van der Waals surface area contributed by atoms with Crippen molar-refractivity contribution < 1.29 is 42.0 Å². The van der Waals surface area contributed by atoms with Crippen LogP contribution < -0.4 is 0 Å². The third-order valence-corrected chi connectivity index (χ3v) is 12.0. The first-order valence-electron chi connectivity index (χ1n) is 13.0. The summed E-state index contributed by atoms with van der Waals surface area (Å²) in [5.41, 5.74) is 1.86. The maximum Gasteiger partial charge on any atom is 0.297 e. The Morgan fingerprint density at radius 1 is 0.523 bits per heavy atom. The Balaban J connectivity index is 0.000000175. The van der Waals surface area contributed by atoms with Crippen LogP contribution in [0.2, 0.25) is 0 Å². The van der Waals surface area contributed by atoms with E-state index in [4.69, 9.17) is 8.37 Å². The Bertz CT molecular complexity index is 2170. The molecule has 44 heavy (non-hydrogen) atoms. The van der Waals surface area contributed by atoms with Gasteiger partial charge in [-0.2, -0.15) is 16.8 Å². The largest absolute Gasteiger partial charge is 0.297 e. The van der Waals surface area contributed by atoms with Crippen LogP contribution in [0.5, 0.6) is 0 Å². The summed E-state index contributed by atoms with van der Waals surface area (Å²) in [5.74, 6) is -0.700. The Labute approximate surface area is 256 Å². The smallest absolute Gasteiger partial charge is 0.258 e. The van der Waals surface area contributed by atoms with E-state index in [-0.39, 0.29) is 21.3 Å². The summed E-state index contributed by atoms with van der Waals surface area (Å²) < 4.78 is 104. The predicted molar refractivity (Wildman–Crippen MR) is 166 cm³/mol. The van der Waals surface area contributed by atoms with Gasteiger partial charge in [-0.15, -0.1) is 0 Å². The maximum atomic E-state index is 12.2. The van der Waals surface area contributed by atoms with E-state index in [1.807, 2.05) is 48.5 Å². The molecular weight excluding hydrogens is 649 g/mol. The van der Waals surface area contributed by atoms with Gasteiger partial charge in [0, 0.05) is 10.8 Å². The van der Waals surface area contributed by atoms with Gasteiger partial charge in [0.15, 0.2) is 19.7 Å². The molecule has 0 N–H and O–H groups in total. The number of hydrogen-bond donors (Lipinski definition) is 0. The third kappa shape index (κ3) is 7.88. The second kappa shape index (κ2) is 12.4. The molecule has 0 saturated heterocycles. The Morgan fingerprint density at radius 2 is 0.977 bits per heavy atom. The summed E-state index contributed by atoms with van der Waals surface area (Å²) in [6.45, 7) is 0. The van der Waals surface area contributed by atoms with Gasteiger partial charge >= 0.3 is 0 Å². The first-order chi connectivity index (χ1) is 20.7. The molecule has 0 radical (unpaired) electrons. The number of sulfone groups is 2. The molecule has 0 fully saturated rings. The van der Waals surface area contributed by atoms with Crippen molar-refractivity contribution in [2.75, 3.05) is 11.5 Å². The highest BCUT2D eigenvalue weighted by Gasteiger charge is 2.29. The molecule has 4 aromatic rings. The van der Waals surface area contributed by atoms with Crippen molar-refractivity contribution in [1.82, 2.24) is 0 Å². The van der Waals surface area contributed by atoms with Crippen LogP contribution in [0.25, 0.3) is 21.9 Å². The minimum absolute atomic E-state index is 0.00474. The Morgan fingerprint density at radius 3 is 1.50 bits per heavy atom. The summed E-state index contributed by atoms with van der Waals surface area (Å²) in [6, 6.07) is 27.8. The molecule has 2 aliphatic heterocycles. The van der Waals surface area contributed by atoms with Crippen molar-refractivity contribution >= 4 is 50.7 Å². The highest BCUT2D eigenvalue weighted by Crippen LogP contribution is 2.25. The fraction of sp³-hybridized carbons (Fsp3) is 0.133. The molecule has 0 amide bonds. The lowest BCUT2D eigenvalue weighted by atomic mass is 10.1. The highest BCUT2D eigenvalue weighted by atomic mass is 32.2. The molecule has 10 nitrogen and oxygen atoms in total. The van der Waals surface area contributed by atoms with E-state index in [0.29, 0.717) is 0 Å². The minimum Gasteiger partial charge on any atom is -0.258 e. The number of rotatable bonds is 7. The molecule has 230 valence electrons. The summed E-state index contributed by atoms with van der Waals surface area (Å²) in [4.78, 5) is 0.00813. The van der Waals surface area contributed by atoms with Gasteiger partial charge in [0.05, 0.1) is 21.3 Å². The SMILES string of the molecule is O=S1(=O)C=CC(OS(=O)(=O)c2ccc(-c3ccccc3)cc2)C1.O=S1(=O)C=CC(OS(=O)(=O)c2ccc3ccccc3c2)C1. The van der Waals surface area contributed by atoms with E-state index >= 15 is 0 Å². The van der Waals surface area contributed by atoms with Gasteiger partial charge in [0.2, 0.25) is 0 Å². The number of fused-ring (bicyclic) bond motifs is 1. The normalized spacial score (nSPS) is 20.3. The van der Waals surface area contributed by atoms with Gasteiger partial charge in [0.25, 0.3) is 20.2 Å². The average Bonchev–Trinajstić information content (AvgIpc) is 3.51. The van der Waals surface area contributed by atoms with Gasteiger partial charge in [-0.3, -0.25) is 8.37 Å². The van der Waals surface area contributed by atoms with Gasteiger partial charge in [-0.1, -0.05) is 72.8 Å². The maximum absolute atomic E-state index is 12.2. The van der Waals surface area contributed by atoms with E-state index in [9.17, 15) is 33.7 Å². The summed E-state index contributed by atoms with van der Waals surface area (Å²) >= 11 is 0. The fourth-order valence-electron chi connectivity index (χ4n) is 4.42. The molecule has 2 unspecified atom stereocenters. The van der Waals surface area contributed by atoms with Crippen LogP contribution in [-0.2, 0) is 48.3 Å². The zero-order valence-electron chi connectivity index (χ0n) is 22.8. The first kappa shape index (κ1) is 31.8. The van der Waals surface area contributed by atoms with Gasteiger partial charge < -0.3 is 0 Å². The molecule has 0 saturated carbocycles. The number of hydrogen-bond acceptors (Lipinski definition) is 10. The molecular formula is C30H26O10S4. The van der Waals surface area contributed by atoms with E-state index in [2.05, 4.69) is 0 Å². The molecule has 2 aliphatic rings. The molecule has 0 bridgehead atoms. The van der Waals surface area contributed by atoms with Crippen molar-refractivity contribution in [3.63, 3.8) is 0 Å². The molecule has 4 aromatic carbocycles. The topological polar surface area (TPSA) is 155 Å². The first-order valence-corrected chi connectivity index (χ1v) is 19.3. The van der Waals surface area contributed by atoms with Crippen molar-refractivity contribution in [1.29, 1.82) is 0 Å². The van der Waals surface area contributed by atoms with Crippen molar-refractivity contribution in [2.24, 2.45) is 0 Å². The summed E-state index contributed by atoms with van der Waals surface area (Å²) in [6.07, 6.45) is 0.546. The van der Waals surface area contributed by atoms with Gasteiger partial charge in [-0.05, 0) is 58.3 Å². The van der Waals surface area contributed by atoms with Crippen LogP contribution >= 0.6 is 0 Å². The molecule has 0 spiro atoms. The van der Waals surface area contributed by atoms with E-state index < -0.39 is 52.1 Å². The van der Waals surface area contributed by atoms with Crippen molar-refractivity contribution in [3.05, 3.63) is 120 Å². The Hall–Kier alpha value is -3.66. The van der Waals surface area contributed by atoms with Crippen LogP contribution in [0.1, 0.15) is 0 Å². The standard InChI is InChI=1S/C16H14O5S2.C14H12O5S2/c17-22(18)11-10-15(12-22)21-23(19,20)16-8-6-14(7-9-16)13-4-2-1-3-5-13;15-20(16)8-7-13(10-20)19-21(17,18)14-6-5-11-3-1-2-4-12(11)9-14/h1-11,15H,12H2;1-9,13H,10H2. The van der Waals surface area contributed by atoms with Crippen LogP contribution in [0.4, 0.5) is 0 Å². The van der Waals surface area contributed by atoms with Crippen LogP contribution in [0.3, 0.4) is 0 Å². The van der Waals surface area contributed by atoms with Crippen LogP contribution in [-0.4, -0.2) is 57.4 Å². The minimum atomic E-state index is -4.01.